The average molecular weight is 317 g/mol. The van der Waals surface area contributed by atoms with Gasteiger partial charge in [-0.2, -0.15) is 4.31 Å². The van der Waals surface area contributed by atoms with Gasteiger partial charge >= 0.3 is 0 Å². The molecule has 0 saturated carbocycles. The molecule has 6 heteroatoms. The van der Waals surface area contributed by atoms with Crippen LogP contribution in [0.4, 0.5) is 0 Å². The minimum absolute atomic E-state index is 0.0232. The normalized spacial score (nSPS) is 20.0. The zero-order chi connectivity index (χ0) is 15.0. The van der Waals surface area contributed by atoms with Gasteiger partial charge in [-0.1, -0.05) is 17.7 Å². The molecule has 1 aromatic carbocycles. The Kier molecular flexibility index (Phi) is 4.44. The van der Waals surface area contributed by atoms with E-state index in [-0.39, 0.29) is 5.54 Å². The van der Waals surface area contributed by atoms with Gasteiger partial charge < -0.3 is 5.32 Å². The van der Waals surface area contributed by atoms with Crippen LogP contribution >= 0.6 is 11.6 Å². The van der Waals surface area contributed by atoms with Gasteiger partial charge in [-0.15, -0.1) is 0 Å². The number of nitrogens with zero attached hydrogens (tertiary/aromatic N) is 1. The van der Waals surface area contributed by atoms with Crippen LogP contribution in [0.2, 0.25) is 5.02 Å². The van der Waals surface area contributed by atoms with Gasteiger partial charge in [0.15, 0.2) is 0 Å². The van der Waals surface area contributed by atoms with E-state index in [4.69, 9.17) is 11.6 Å². The maximum atomic E-state index is 12.7. The molecule has 0 aromatic heterocycles. The zero-order valence-electron chi connectivity index (χ0n) is 12.1. The van der Waals surface area contributed by atoms with Crippen molar-refractivity contribution in [1.82, 2.24) is 9.62 Å². The van der Waals surface area contributed by atoms with E-state index in [1.54, 1.807) is 29.4 Å². The molecule has 0 unspecified atom stereocenters. The largest absolute Gasteiger partial charge is 0.314 e. The van der Waals surface area contributed by atoms with Gasteiger partial charge in [0.2, 0.25) is 10.0 Å². The van der Waals surface area contributed by atoms with Gasteiger partial charge in [0.05, 0.1) is 4.90 Å². The summed E-state index contributed by atoms with van der Waals surface area (Å²) < 4.78 is 27.0. The van der Waals surface area contributed by atoms with Gasteiger partial charge in [-0.05, 0) is 51.4 Å². The molecule has 112 valence electrons. The molecule has 1 N–H and O–H groups in total. The summed E-state index contributed by atoms with van der Waals surface area (Å²) in [7, 11) is -1.53. The minimum atomic E-state index is -3.45. The van der Waals surface area contributed by atoms with E-state index in [0.717, 1.165) is 12.8 Å². The van der Waals surface area contributed by atoms with Crippen molar-refractivity contribution >= 4 is 21.6 Å². The second kappa shape index (κ2) is 5.64. The lowest BCUT2D eigenvalue weighted by molar-refractivity contribution is 0.219. The van der Waals surface area contributed by atoms with Crippen molar-refractivity contribution in [1.29, 1.82) is 0 Å². The van der Waals surface area contributed by atoms with E-state index in [2.05, 4.69) is 12.2 Å². The molecule has 0 amide bonds. The molecule has 0 bridgehead atoms. The molecule has 1 aliphatic rings. The predicted octanol–water partition coefficient (Wildman–Crippen LogP) is 2.41. The van der Waals surface area contributed by atoms with E-state index < -0.39 is 10.0 Å². The summed E-state index contributed by atoms with van der Waals surface area (Å²) in [5, 5.41) is 3.76. The third kappa shape index (κ3) is 2.86. The Balaban J connectivity index is 2.27. The monoisotopic (exact) mass is 316 g/mol. The van der Waals surface area contributed by atoms with Gasteiger partial charge in [0.1, 0.15) is 0 Å². The summed E-state index contributed by atoms with van der Waals surface area (Å²) in [6.07, 6.45) is 1.62. The highest BCUT2D eigenvalue weighted by Gasteiger charge is 2.35. The van der Waals surface area contributed by atoms with Gasteiger partial charge in [-0.3, -0.25) is 0 Å². The number of benzene rings is 1. The number of halogens is 1. The molecule has 1 saturated heterocycles. The molecular formula is C14H21ClN2O2S. The molecule has 1 heterocycles. The summed E-state index contributed by atoms with van der Waals surface area (Å²) in [4.78, 5) is 0.318. The van der Waals surface area contributed by atoms with Crippen molar-refractivity contribution in [3.63, 3.8) is 0 Å². The van der Waals surface area contributed by atoms with Crippen molar-refractivity contribution in [2.45, 2.75) is 37.1 Å². The maximum absolute atomic E-state index is 12.7. The molecule has 0 spiro atoms. The highest BCUT2D eigenvalue weighted by molar-refractivity contribution is 7.89. The van der Waals surface area contributed by atoms with Crippen LogP contribution in [0, 0.1) is 6.92 Å². The van der Waals surface area contributed by atoms with Crippen molar-refractivity contribution in [2.75, 3.05) is 20.1 Å². The molecule has 20 heavy (non-hydrogen) atoms. The number of nitrogens with one attached hydrogen (secondary N) is 1. The Morgan fingerprint density at radius 2 is 1.90 bits per heavy atom. The summed E-state index contributed by atoms with van der Waals surface area (Å²) >= 11 is 6.03. The van der Waals surface area contributed by atoms with Crippen LogP contribution in [0.1, 0.15) is 25.3 Å². The number of hydrogen-bond donors (Lipinski definition) is 1. The first kappa shape index (κ1) is 15.8. The number of sulfonamides is 1. The van der Waals surface area contributed by atoms with Crippen LogP contribution in [-0.2, 0) is 10.0 Å². The van der Waals surface area contributed by atoms with Gasteiger partial charge in [0, 0.05) is 23.7 Å². The van der Waals surface area contributed by atoms with Crippen LogP contribution in [0.3, 0.4) is 0 Å². The van der Waals surface area contributed by atoms with Crippen molar-refractivity contribution in [2.24, 2.45) is 0 Å². The topological polar surface area (TPSA) is 49.4 Å². The molecule has 0 radical (unpaired) electrons. The molecule has 1 aliphatic heterocycles. The van der Waals surface area contributed by atoms with E-state index in [9.17, 15) is 8.42 Å². The van der Waals surface area contributed by atoms with Crippen molar-refractivity contribution < 1.29 is 8.42 Å². The second-order valence-electron chi connectivity index (χ2n) is 5.58. The number of rotatable bonds is 3. The van der Waals surface area contributed by atoms with Crippen LogP contribution in [0.15, 0.2) is 23.1 Å². The first-order valence-electron chi connectivity index (χ1n) is 6.74. The Bertz CT molecular complexity index is 593. The lowest BCUT2D eigenvalue weighted by Crippen LogP contribution is -2.51. The Labute approximate surface area is 126 Å². The SMILES string of the molecule is CNC1(C)CCN(S(=O)(=O)c2cccc(Cl)c2C)CC1. The van der Waals surface area contributed by atoms with E-state index >= 15 is 0 Å². The fourth-order valence-electron chi connectivity index (χ4n) is 2.48. The Hall–Kier alpha value is -0.620. The second-order valence-corrected chi connectivity index (χ2v) is 7.89. The lowest BCUT2D eigenvalue weighted by atomic mass is 9.91. The van der Waals surface area contributed by atoms with Gasteiger partial charge in [-0.25, -0.2) is 8.42 Å². The van der Waals surface area contributed by atoms with Gasteiger partial charge in [0.25, 0.3) is 0 Å². The van der Waals surface area contributed by atoms with E-state index in [0.29, 0.717) is 28.6 Å². The van der Waals surface area contributed by atoms with E-state index in [1.807, 2.05) is 7.05 Å². The highest BCUT2D eigenvalue weighted by atomic mass is 35.5. The number of piperidine rings is 1. The third-order valence-corrected chi connectivity index (χ3v) is 6.72. The van der Waals surface area contributed by atoms with Crippen molar-refractivity contribution in [3.8, 4) is 0 Å². The molecule has 4 nitrogen and oxygen atoms in total. The summed E-state index contributed by atoms with van der Waals surface area (Å²) in [6, 6.07) is 5.02. The zero-order valence-corrected chi connectivity index (χ0v) is 13.7. The summed E-state index contributed by atoms with van der Waals surface area (Å²) in [5.41, 5.74) is 0.645. The van der Waals surface area contributed by atoms with Crippen LogP contribution in [0.25, 0.3) is 0 Å². The molecular weight excluding hydrogens is 296 g/mol. The summed E-state index contributed by atoms with van der Waals surface area (Å²) in [5.74, 6) is 0. The molecule has 2 rings (SSSR count). The maximum Gasteiger partial charge on any atom is 0.243 e. The number of hydrogen-bond acceptors (Lipinski definition) is 3. The molecule has 0 atom stereocenters. The van der Waals surface area contributed by atoms with Crippen LogP contribution in [-0.4, -0.2) is 38.4 Å². The molecule has 1 fully saturated rings. The average Bonchev–Trinajstić information content (AvgIpc) is 2.42. The lowest BCUT2D eigenvalue weighted by Gasteiger charge is -2.38. The standard InChI is InChI=1S/C14H21ClN2O2S/c1-11-12(15)5-4-6-13(11)20(18,19)17-9-7-14(2,16-3)8-10-17/h4-6,16H,7-10H2,1-3H3. The summed E-state index contributed by atoms with van der Waals surface area (Å²) in [6.45, 7) is 4.94. The highest BCUT2D eigenvalue weighted by Crippen LogP contribution is 2.29. The first-order chi connectivity index (χ1) is 9.30. The predicted molar refractivity (Wildman–Crippen MR) is 81.6 cm³/mol. The smallest absolute Gasteiger partial charge is 0.243 e. The minimum Gasteiger partial charge on any atom is -0.314 e. The fraction of sp³-hybridized carbons (Fsp3) is 0.571. The van der Waals surface area contributed by atoms with E-state index in [1.165, 1.54) is 0 Å². The quantitative estimate of drug-likeness (QED) is 0.931. The molecule has 0 aliphatic carbocycles. The molecule has 1 aromatic rings. The van der Waals surface area contributed by atoms with Crippen LogP contribution in [0.5, 0.6) is 0 Å². The van der Waals surface area contributed by atoms with Crippen LogP contribution < -0.4 is 5.32 Å². The third-order valence-electron chi connectivity index (χ3n) is 4.27. The fourth-order valence-corrected chi connectivity index (χ4v) is 4.40. The Morgan fingerprint density at radius 3 is 2.45 bits per heavy atom. The first-order valence-corrected chi connectivity index (χ1v) is 8.56. The Morgan fingerprint density at radius 1 is 1.30 bits per heavy atom. The van der Waals surface area contributed by atoms with Crippen molar-refractivity contribution in [3.05, 3.63) is 28.8 Å².